The molecular formula is C24H28N6O4. The Morgan fingerprint density at radius 3 is 3.09 bits per heavy atom. The number of likely N-dealkylation sites (tertiary alicyclic amines) is 1. The number of pyridine rings is 3. The van der Waals surface area contributed by atoms with Crippen molar-refractivity contribution in [2.45, 2.75) is 19.1 Å². The molecule has 34 heavy (non-hydrogen) atoms. The highest BCUT2D eigenvalue weighted by Gasteiger charge is 2.25. The summed E-state index contributed by atoms with van der Waals surface area (Å²) in [5, 5.41) is 17.2. The lowest BCUT2D eigenvalue weighted by molar-refractivity contribution is -0.118. The molecule has 10 heteroatoms. The van der Waals surface area contributed by atoms with Crippen molar-refractivity contribution in [1.82, 2.24) is 25.2 Å². The molecule has 1 fully saturated rings. The lowest BCUT2D eigenvalue weighted by Crippen LogP contribution is -2.29. The Kier molecular flexibility index (Phi) is 6.52. The number of ether oxygens (including phenoxy) is 2. The third-order valence-electron chi connectivity index (χ3n) is 6.23. The molecule has 3 aromatic heterocycles. The molecule has 178 valence electrons. The van der Waals surface area contributed by atoms with Gasteiger partial charge in [-0.1, -0.05) is 0 Å². The van der Waals surface area contributed by atoms with Crippen molar-refractivity contribution in [3.05, 3.63) is 47.8 Å². The Morgan fingerprint density at radius 2 is 2.21 bits per heavy atom. The van der Waals surface area contributed by atoms with Crippen molar-refractivity contribution in [3.63, 3.8) is 0 Å². The lowest BCUT2D eigenvalue weighted by atomic mass is 10.1. The number of fused-ring (bicyclic) bond motifs is 2. The van der Waals surface area contributed by atoms with Crippen molar-refractivity contribution in [3.8, 4) is 11.6 Å². The van der Waals surface area contributed by atoms with E-state index in [2.05, 4.69) is 30.5 Å². The van der Waals surface area contributed by atoms with E-state index in [9.17, 15) is 9.90 Å². The number of aliphatic hydroxyl groups is 1. The summed E-state index contributed by atoms with van der Waals surface area (Å²) < 4.78 is 10.6. The summed E-state index contributed by atoms with van der Waals surface area (Å²) in [5.74, 6) is 1.88. The van der Waals surface area contributed by atoms with Crippen molar-refractivity contribution < 1.29 is 19.4 Å². The molecule has 0 unspecified atom stereocenters. The van der Waals surface area contributed by atoms with E-state index in [4.69, 9.17) is 9.47 Å². The van der Waals surface area contributed by atoms with Crippen LogP contribution in [0.4, 0.5) is 5.82 Å². The third-order valence-corrected chi connectivity index (χ3v) is 6.23. The summed E-state index contributed by atoms with van der Waals surface area (Å²) in [6, 6.07) is 9.20. The zero-order valence-electron chi connectivity index (χ0n) is 19.0. The van der Waals surface area contributed by atoms with Gasteiger partial charge in [0.1, 0.15) is 0 Å². The number of carbonyl (C=O) groups excluding carboxylic acids is 1. The van der Waals surface area contributed by atoms with E-state index < -0.39 is 6.10 Å². The Balaban J connectivity index is 1.13. The maximum atomic E-state index is 11.5. The molecule has 2 atom stereocenters. The SMILES string of the molecule is COc1ccc2nccc([C@H](O)CN3CC[C@@H](CNCc4ccc5c(n4)NC(=O)CO5)C3)c2n1. The molecule has 1 saturated heterocycles. The molecule has 2 aliphatic rings. The predicted molar refractivity (Wildman–Crippen MR) is 126 cm³/mol. The minimum atomic E-state index is -0.658. The zero-order chi connectivity index (χ0) is 23.5. The molecule has 3 aromatic rings. The van der Waals surface area contributed by atoms with Gasteiger partial charge in [0, 0.05) is 37.5 Å². The summed E-state index contributed by atoms with van der Waals surface area (Å²) in [4.78, 5) is 27.1. The second-order valence-electron chi connectivity index (χ2n) is 8.67. The standard InChI is InChI=1S/C24H28N6O4/c1-33-22-5-3-18-23(29-22)17(6-8-26-18)19(31)13-30-9-7-15(12-30)10-25-11-16-2-4-20-24(27-16)28-21(32)14-34-20/h2-6,8,15,19,25,31H,7,9-14H2,1H3,(H,27,28,32)/t15-,19+/m0/s1. The van der Waals surface area contributed by atoms with Gasteiger partial charge in [-0.15, -0.1) is 0 Å². The Bertz CT molecular complexity index is 1190. The van der Waals surface area contributed by atoms with Gasteiger partial charge in [0.25, 0.3) is 5.91 Å². The van der Waals surface area contributed by atoms with Crippen LogP contribution in [0.15, 0.2) is 36.5 Å². The average molecular weight is 465 g/mol. The van der Waals surface area contributed by atoms with Crippen LogP contribution in [0, 0.1) is 5.92 Å². The van der Waals surface area contributed by atoms with Crippen LogP contribution in [-0.4, -0.2) is 70.8 Å². The fourth-order valence-corrected chi connectivity index (χ4v) is 4.51. The maximum Gasteiger partial charge on any atom is 0.263 e. The van der Waals surface area contributed by atoms with E-state index in [0.717, 1.165) is 42.8 Å². The number of nitrogens with zero attached hydrogens (tertiary/aromatic N) is 4. The summed E-state index contributed by atoms with van der Waals surface area (Å²) in [5.41, 5.74) is 3.02. The quantitative estimate of drug-likeness (QED) is 0.455. The van der Waals surface area contributed by atoms with Crippen LogP contribution < -0.4 is 20.1 Å². The first-order valence-electron chi connectivity index (χ1n) is 11.4. The summed E-state index contributed by atoms with van der Waals surface area (Å²) in [6.07, 6.45) is 2.11. The number of carbonyl (C=O) groups is 1. The number of β-amino-alcohol motifs (C(OH)–C–C–N with tert-alkyl or cyclic N) is 1. The largest absolute Gasteiger partial charge is 0.481 e. The highest BCUT2D eigenvalue weighted by molar-refractivity contribution is 5.94. The fourth-order valence-electron chi connectivity index (χ4n) is 4.51. The molecule has 1 amide bonds. The molecular weight excluding hydrogens is 436 g/mol. The van der Waals surface area contributed by atoms with Gasteiger partial charge >= 0.3 is 0 Å². The second kappa shape index (κ2) is 9.88. The van der Waals surface area contributed by atoms with E-state index in [1.54, 1.807) is 19.4 Å². The van der Waals surface area contributed by atoms with Gasteiger partial charge < -0.3 is 30.1 Å². The van der Waals surface area contributed by atoms with Gasteiger partial charge in [0.05, 0.1) is 29.9 Å². The number of aromatic nitrogens is 3. The number of aliphatic hydroxyl groups excluding tert-OH is 1. The number of rotatable bonds is 8. The summed E-state index contributed by atoms with van der Waals surface area (Å²) in [6.45, 7) is 3.88. The van der Waals surface area contributed by atoms with Gasteiger partial charge in [-0.2, -0.15) is 0 Å². The molecule has 5 heterocycles. The van der Waals surface area contributed by atoms with Crippen molar-refractivity contribution >= 4 is 22.8 Å². The highest BCUT2D eigenvalue weighted by atomic mass is 16.5. The molecule has 0 bridgehead atoms. The molecule has 0 aromatic carbocycles. The molecule has 3 N–H and O–H groups in total. The van der Waals surface area contributed by atoms with Gasteiger partial charge in [-0.25, -0.2) is 9.97 Å². The first kappa shape index (κ1) is 22.5. The van der Waals surface area contributed by atoms with Gasteiger partial charge in [0.15, 0.2) is 18.2 Å². The number of anilines is 1. The summed E-state index contributed by atoms with van der Waals surface area (Å²) >= 11 is 0. The third kappa shape index (κ3) is 4.93. The van der Waals surface area contributed by atoms with Gasteiger partial charge in [-0.3, -0.25) is 9.78 Å². The Hall–Kier alpha value is -3.34. The molecule has 0 saturated carbocycles. The van der Waals surface area contributed by atoms with Crippen LogP contribution in [-0.2, 0) is 11.3 Å². The minimum absolute atomic E-state index is 0.0290. The molecule has 0 aliphatic carbocycles. The Morgan fingerprint density at radius 1 is 1.29 bits per heavy atom. The van der Waals surface area contributed by atoms with E-state index in [-0.39, 0.29) is 12.5 Å². The number of methoxy groups -OCH3 is 1. The first-order chi connectivity index (χ1) is 16.6. The Labute approximate surface area is 197 Å². The van der Waals surface area contributed by atoms with Crippen molar-refractivity contribution in [1.29, 1.82) is 0 Å². The predicted octanol–water partition coefficient (Wildman–Crippen LogP) is 1.51. The van der Waals surface area contributed by atoms with Crippen molar-refractivity contribution in [2.24, 2.45) is 5.92 Å². The fraction of sp³-hybridized carbons (Fsp3) is 0.417. The van der Waals surface area contributed by atoms with Crippen LogP contribution in [0.5, 0.6) is 11.6 Å². The molecule has 10 nitrogen and oxygen atoms in total. The topological polar surface area (TPSA) is 122 Å². The van der Waals surface area contributed by atoms with Crippen LogP contribution in [0.3, 0.4) is 0 Å². The lowest BCUT2D eigenvalue weighted by Gasteiger charge is -2.21. The van der Waals surface area contributed by atoms with Gasteiger partial charge in [0.2, 0.25) is 5.88 Å². The number of hydrogen-bond donors (Lipinski definition) is 3. The average Bonchev–Trinajstić information content (AvgIpc) is 3.30. The van der Waals surface area contributed by atoms with Gasteiger partial charge in [-0.05, 0) is 49.7 Å². The smallest absolute Gasteiger partial charge is 0.263 e. The molecule has 2 aliphatic heterocycles. The number of hydrogen-bond acceptors (Lipinski definition) is 9. The van der Waals surface area contributed by atoms with Crippen molar-refractivity contribution in [2.75, 3.05) is 45.2 Å². The number of amides is 1. The van der Waals surface area contributed by atoms with Crippen LogP contribution in [0.25, 0.3) is 11.0 Å². The van der Waals surface area contributed by atoms with Crippen LogP contribution in [0.1, 0.15) is 23.8 Å². The molecule has 0 radical (unpaired) electrons. The van der Waals surface area contributed by atoms with Crippen LogP contribution in [0.2, 0.25) is 0 Å². The summed E-state index contributed by atoms with van der Waals surface area (Å²) in [7, 11) is 1.58. The van der Waals surface area contributed by atoms with E-state index in [0.29, 0.717) is 42.0 Å². The monoisotopic (exact) mass is 464 g/mol. The minimum Gasteiger partial charge on any atom is -0.481 e. The second-order valence-corrected chi connectivity index (χ2v) is 8.67. The highest BCUT2D eigenvalue weighted by Crippen LogP contribution is 2.27. The zero-order valence-corrected chi connectivity index (χ0v) is 19.0. The van der Waals surface area contributed by atoms with Crippen LogP contribution >= 0.6 is 0 Å². The number of nitrogens with one attached hydrogen (secondary N) is 2. The van der Waals surface area contributed by atoms with E-state index >= 15 is 0 Å². The maximum absolute atomic E-state index is 11.5. The normalized spacial score (nSPS) is 18.9. The van der Waals surface area contributed by atoms with E-state index in [1.807, 2.05) is 24.3 Å². The molecule has 5 rings (SSSR count). The van der Waals surface area contributed by atoms with E-state index in [1.165, 1.54) is 0 Å². The molecule has 0 spiro atoms. The first-order valence-corrected chi connectivity index (χ1v) is 11.4.